The van der Waals surface area contributed by atoms with Crippen molar-refractivity contribution < 1.29 is 9.53 Å². The number of rotatable bonds is 7. The number of carbonyl (C=O) groups is 1. The number of hydrogen-bond acceptors (Lipinski definition) is 5. The normalized spacial score (nSPS) is 27.4. The van der Waals surface area contributed by atoms with E-state index >= 15 is 0 Å². The van der Waals surface area contributed by atoms with Crippen molar-refractivity contribution in [2.45, 2.75) is 57.2 Å². The Labute approximate surface area is 165 Å². The minimum Gasteiger partial charge on any atom is -0.377 e. The molecule has 3 heterocycles. The summed E-state index contributed by atoms with van der Waals surface area (Å²) >= 11 is 3.48. The van der Waals surface area contributed by atoms with Gasteiger partial charge in [0.15, 0.2) is 0 Å². The fraction of sp³-hybridized carbons (Fsp3) is 0.750. The molecule has 0 aromatic carbocycles. The third-order valence-corrected chi connectivity index (χ3v) is 7.97. The summed E-state index contributed by atoms with van der Waals surface area (Å²) in [5.41, 5.74) is 1.67. The van der Waals surface area contributed by atoms with Crippen LogP contribution in [0.1, 0.15) is 44.1 Å². The van der Waals surface area contributed by atoms with Gasteiger partial charge >= 0.3 is 0 Å². The van der Waals surface area contributed by atoms with Crippen molar-refractivity contribution in [3.8, 4) is 0 Å². The first kappa shape index (κ1) is 18.8. The molecular formula is C20H30N2O2S2. The molecule has 2 unspecified atom stereocenters. The Balaban J connectivity index is 1.33. The van der Waals surface area contributed by atoms with E-state index in [1.54, 1.807) is 23.1 Å². The van der Waals surface area contributed by atoms with Crippen LogP contribution in [0.25, 0.3) is 0 Å². The van der Waals surface area contributed by atoms with Gasteiger partial charge in [0, 0.05) is 24.9 Å². The van der Waals surface area contributed by atoms with Crippen LogP contribution in [0.2, 0.25) is 0 Å². The zero-order valence-electron chi connectivity index (χ0n) is 15.5. The van der Waals surface area contributed by atoms with Crippen LogP contribution in [-0.4, -0.2) is 54.2 Å². The molecule has 4 nitrogen and oxygen atoms in total. The number of nitrogens with zero attached hydrogens (tertiary/aromatic N) is 1. The highest BCUT2D eigenvalue weighted by Gasteiger charge is 2.57. The Morgan fingerprint density at radius 1 is 1.38 bits per heavy atom. The van der Waals surface area contributed by atoms with Gasteiger partial charge in [0.1, 0.15) is 0 Å². The molecule has 3 aliphatic rings. The molecule has 2 aliphatic heterocycles. The number of hydrogen-bond donors (Lipinski definition) is 1. The largest absolute Gasteiger partial charge is 0.377 e. The second-order valence-electron chi connectivity index (χ2n) is 7.99. The van der Waals surface area contributed by atoms with Gasteiger partial charge in [0.25, 0.3) is 0 Å². The van der Waals surface area contributed by atoms with Crippen molar-refractivity contribution in [1.29, 1.82) is 0 Å². The predicted molar refractivity (Wildman–Crippen MR) is 109 cm³/mol. The standard InChI is InChI=1S/C20H30N2O2S2/c23-19(15-26-14-17-3-1-2-9-24-17)22(12-16-4-10-25-13-16)18-11-20(18)5-7-21-8-6-20/h4,10,13,17-18,21H,1-3,5-9,11-12,14-15H2. The minimum absolute atomic E-state index is 0.317. The van der Waals surface area contributed by atoms with Crippen LogP contribution in [0, 0.1) is 5.41 Å². The molecule has 1 aliphatic carbocycles. The van der Waals surface area contributed by atoms with Gasteiger partial charge in [-0.25, -0.2) is 0 Å². The van der Waals surface area contributed by atoms with E-state index < -0.39 is 0 Å². The summed E-state index contributed by atoms with van der Waals surface area (Å²) in [4.78, 5) is 15.3. The Morgan fingerprint density at radius 3 is 3.00 bits per heavy atom. The lowest BCUT2D eigenvalue weighted by atomic mass is 9.93. The van der Waals surface area contributed by atoms with Gasteiger partial charge in [-0.1, -0.05) is 0 Å². The van der Waals surface area contributed by atoms with Gasteiger partial charge < -0.3 is 15.0 Å². The Morgan fingerprint density at radius 2 is 2.27 bits per heavy atom. The lowest BCUT2D eigenvalue weighted by molar-refractivity contribution is -0.130. The fourth-order valence-electron chi connectivity index (χ4n) is 4.48. The van der Waals surface area contributed by atoms with E-state index in [1.165, 1.54) is 37.7 Å². The Hall–Kier alpha value is -0.560. The van der Waals surface area contributed by atoms with E-state index in [0.29, 0.717) is 29.2 Å². The second-order valence-corrected chi connectivity index (χ2v) is 9.80. The van der Waals surface area contributed by atoms with Crippen LogP contribution in [0.15, 0.2) is 16.8 Å². The van der Waals surface area contributed by atoms with E-state index in [1.807, 2.05) is 0 Å². The highest BCUT2D eigenvalue weighted by molar-refractivity contribution is 7.99. The maximum atomic E-state index is 13.1. The summed E-state index contributed by atoms with van der Waals surface area (Å²) in [6.07, 6.45) is 7.58. The maximum Gasteiger partial charge on any atom is 0.233 e. The topological polar surface area (TPSA) is 41.6 Å². The summed E-state index contributed by atoms with van der Waals surface area (Å²) in [7, 11) is 0. The molecule has 1 spiro atoms. The van der Waals surface area contributed by atoms with E-state index in [4.69, 9.17) is 4.74 Å². The monoisotopic (exact) mass is 394 g/mol. The van der Waals surface area contributed by atoms with Gasteiger partial charge in [-0.05, 0) is 79.4 Å². The first-order valence-corrected chi connectivity index (χ1v) is 12.1. The first-order chi connectivity index (χ1) is 12.8. The molecule has 3 fully saturated rings. The van der Waals surface area contributed by atoms with Crippen LogP contribution >= 0.6 is 23.1 Å². The van der Waals surface area contributed by atoms with Crippen LogP contribution in [0.4, 0.5) is 0 Å². The van der Waals surface area contributed by atoms with Crippen molar-refractivity contribution in [1.82, 2.24) is 10.2 Å². The summed E-state index contributed by atoms with van der Waals surface area (Å²) < 4.78 is 5.80. The highest BCUT2D eigenvalue weighted by Crippen LogP contribution is 2.56. The fourth-order valence-corrected chi connectivity index (χ4v) is 6.12. The molecule has 2 atom stereocenters. The average Bonchev–Trinajstić information content (AvgIpc) is 3.10. The smallest absolute Gasteiger partial charge is 0.233 e. The first-order valence-electron chi connectivity index (χ1n) is 9.97. The number of thiophene rings is 1. The Bertz CT molecular complexity index is 581. The summed E-state index contributed by atoms with van der Waals surface area (Å²) in [5.74, 6) is 1.87. The van der Waals surface area contributed by atoms with E-state index in [-0.39, 0.29) is 0 Å². The number of carbonyl (C=O) groups excluding carboxylic acids is 1. The van der Waals surface area contributed by atoms with Crippen LogP contribution in [0.3, 0.4) is 0 Å². The van der Waals surface area contributed by atoms with Crippen molar-refractivity contribution in [2.24, 2.45) is 5.41 Å². The third kappa shape index (κ3) is 4.46. The van der Waals surface area contributed by atoms with Gasteiger partial charge in [0.2, 0.25) is 5.91 Å². The SMILES string of the molecule is O=C(CSCC1CCCCO1)N(Cc1ccsc1)C1CC12CCNCC2. The zero-order valence-corrected chi connectivity index (χ0v) is 17.1. The lowest BCUT2D eigenvalue weighted by Crippen LogP contribution is -2.40. The summed E-state index contributed by atoms with van der Waals surface area (Å²) in [6.45, 7) is 3.88. The number of thioether (sulfide) groups is 1. The number of nitrogens with one attached hydrogen (secondary N) is 1. The molecule has 144 valence electrons. The lowest BCUT2D eigenvalue weighted by Gasteiger charge is -2.30. The van der Waals surface area contributed by atoms with E-state index in [2.05, 4.69) is 27.0 Å². The number of piperidine rings is 1. The molecule has 1 aromatic heterocycles. The van der Waals surface area contributed by atoms with E-state index in [9.17, 15) is 4.79 Å². The van der Waals surface area contributed by atoms with Crippen molar-refractivity contribution in [3.63, 3.8) is 0 Å². The third-order valence-electron chi connectivity index (χ3n) is 6.18. The average molecular weight is 395 g/mol. The minimum atomic E-state index is 0.317. The van der Waals surface area contributed by atoms with Crippen molar-refractivity contribution in [3.05, 3.63) is 22.4 Å². The predicted octanol–water partition coefficient (Wildman–Crippen LogP) is 3.52. The molecule has 26 heavy (non-hydrogen) atoms. The molecule has 0 radical (unpaired) electrons. The molecule has 1 aromatic rings. The van der Waals surface area contributed by atoms with Gasteiger partial charge in [-0.2, -0.15) is 11.3 Å². The van der Waals surface area contributed by atoms with Crippen molar-refractivity contribution >= 4 is 29.0 Å². The molecule has 6 heteroatoms. The quantitative estimate of drug-likeness (QED) is 0.768. The van der Waals surface area contributed by atoms with Crippen molar-refractivity contribution in [2.75, 3.05) is 31.2 Å². The van der Waals surface area contributed by atoms with Crippen LogP contribution in [0.5, 0.6) is 0 Å². The number of amides is 1. The van der Waals surface area contributed by atoms with Crippen LogP contribution in [-0.2, 0) is 16.1 Å². The summed E-state index contributed by atoms with van der Waals surface area (Å²) in [5, 5.41) is 7.76. The molecule has 1 saturated carbocycles. The zero-order chi connectivity index (χ0) is 17.8. The second kappa shape index (κ2) is 8.63. The Kier molecular flexibility index (Phi) is 6.24. The van der Waals surface area contributed by atoms with Gasteiger partial charge in [-0.15, -0.1) is 11.8 Å². The van der Waals surface area contributed by atoms with Gasteiger partial charge in [-0.3, -0.25) is 4.79 Å². The van der Waals surface area contributed by atoms with E-state index in [0.717, 1.165) is 38.4 Å². The molecule has 0 bridgehead atoms. The molecular weight excluding hydrogens is 364 g/mol. The highest BCUT2D eigenvalue weighted by atomic mass is 32.2. The summed E-state index contributed by atoms with van der Waals surface area (Å²) in [6, 6.07) is 2.61. The molecule has 1 amide bonds. The molecule has 2 saturated heterocycles. The van der Waals surface area contributed by atoms with Gasteiger partial charge in [0.05, 0.1) is 11.9 Å². The maximum absolute atomic E-state index is 13.1. The number of ether oxygens (including phenoxy) is 1. The molecule has 4 rings (SSSR count). The molecule has 1 N–H and O–H groups in total. The van der Waals surface area contributed by atoms with Crippen LogP contribution < -0.4 is 5.32 Å².